The number of nitrogens with two attached hydrogens (primary N) is 2. The van der Waals surface area contributed by atoms with E-state index in [-0.39, 0.29) is 19.3 Å². The Morgan fingerprint density at radius 3 is 1.30 bits per heavy atom. The third-order valence-corrected chi connectivity index (χ3v) is 5.73. The molecule has 3 aromatic carbocycles. The van der Waals surface area contributed by atoms with Crippen LogP contribution in [-0.4, -0.2) is 22.5 Å². The van der Waals surface area contributed by atoms with Crippen molar-refractivity contribution in [3.05, 3.63) is 108 Å². The molecular formula is C25H26N2O3. The Bertz CT molecular complexity index is 949. The molecule has 0 radical (unpaired) electrons. The van der Waals surface area contributed by atoms with E-state index in [0.717, 1.165) is 16.7 Å². The van der Waals surface area contributed by atoms with Crippen molar-refractivity contribution in [2.75, 3.05) is 0 Å². The highest BCUT2D eigenvalue weighted by Gasteiger charge is 2.58. The number of carbonyl (C=O) groups excluding carboxylic acids is 1. The van der Waals surface area contributed by atoms with Gasteiger partial charge < -0.3 is 16.6 Å². The molecule has 1 amide bonds. The third kappa shape index (κ3) is 4.26. The summed E-state index contributed by atoms with van der Waals surface area (Å²) in [6.07, 6.45) is 0.215. The molecule has 0 heterocycles. The summed E-state index contributed by atoms with van der Waals surface area (Å²) in [7, 11) is 0. The van der Waals surface area contributed by atoms with Crippen LogP contribution >= 0.6 is 0 Å². The minimum Gasteiger partial charge on any atom is -0.480 e. The number of hydrogen-bond acceptors (Lipinski definition) is 3. The van der Waals surface area contributed by atoms with E-state index in [1.807, 2.05) is 78.9 Å². The van der Waals surface area contributed by atoms with Gasteiger partial charge in [-0.3, -0.25) is 9.59 Å². The van der Waals surface area contributed by atoms with Gasteiger partial charge in [-0.1, -0.05) is 91.0 Å². The van der Waals surface area contributed by atoms with E-state index in [1.54, 1.807) is 12.1 Å². The van der Waals surface area contributed by atoms with Crippen molar-refractivity contribution < 1.29 is 14.7 Å². The first-order chi connectivity index (χ1) is 14.4. The smallest absolute Gasteiger partial charge is 0.325 e. The Balaban J connectivity index is 2.17. The van der Waals surface area contributed by atoms with Crippen LogP contribution in [0, 0.1) is 5.41 Å². The third-order valence-electron chi connectivity index (χ3n) is 5.73. The second-order valence-electron chi connectivity index (χ2n) is 7.71. The molecule has 5 nitrogen and oxygen atoms in total. The number of amides is 1. The van der Waals surface area contributed by atoms with Crippen molar-refractivity contribution in [2.45, 2.75) is 24.8 Å². The molecular weight excluding hydrogens is 376 g/mol. The molecule has 0 unspecified atom stereocenters. The lowest BCUT2D eigenvalue weighted by Crippen LogP contribution is -2.68. The molecule has 5 N–H and O–H groups in total. The van der Waals surface area contributed by atoms with Gasteiger partial charge >= 0.3 is 5.97 Å². The van der Waals surface area contributed by atoms with Gasteiger partial charge in [-0.15, -0.1) is 0 Å². The largest absolute Gasteiger partial charge is 0.480 e. The lowest BCUT2D eigenvalue weighted by molar-refractivity contribution is -0.155. The van der Waals surface area contributed by atoms with E-state index >= 15 is 0 Å². The van der Waals surface area contributed by atoms with Crippen LogP contribution in [0.1, 0.15) is 16.7 Å². The highest BCUT2D eigenvalue weighted by Crippen LogP contribution is 2.40. The molecule has 0 aromatic heterocycles. The summed E-state index contributed by atoms with van der Waals surface area (Å²) >= 11 is 0. The topological polar surface area (TPSA) is 106 Å². The number of carboxylic acid groups (broad SMARTS) is 1. The Morgan fingerprint density at radius 2 is 1.00 bits per heavy atom. The zero-order chi connectivity index (χ0) is 21.6. The van der Waals surface area contributed by atoms with Crippen LogP contribution < -0.4 is 11.5 Å². The molecule has 0 spiro atoms. The molecule has 3 rings (SSSR count). The first-order valence-electron chi connectivity index (χ1n) is 9.81. The monoisotopic (exact) mass is 402 g/mol. The summed E-state index contributed by atoms with van der Waals surface area (Å²) in [5.74, 6) is -1.98. The van der Waals surface area contributed by atoms with Crippen LogP contribution in [0.15, 0.2) is 91.0 Å². The average molecular weight is 402 g/mol. The number of carbonyl (C=O) groups is 2. The molecule has 5 heteroatoms. The molecule has 0 aliphatic rings. The van der Waals surface area contributed by atoms with E-state index in [9.17, 15) is 14.7 Å². The summed E-state index contributed by atoms with van der Waals surface area (Å²) < 4.78 is 0. The molecule has 0 fully saturated rings. The van der Waals surface area contributed by atoms with Gasteiger partial charge in [0.2, 0.25) is 5.91 Å². The fraction of sp³-hybridized carbons (Fsp3) is 0.200. The summed E-state index contributed by atoms with van der Waals surface area (Å²) in [5, 5.41) is 10.3. The fourth-order valence-corrected chi connectivity index (χ4v) is 4.03. The maximum absolute atomic E-state index is 13.1. The Hall–Kier alpha value is -3.44. The van der Waals surface area contributed by atoms with E-state index in [4.69, 9.17) is 11.5 Å². The minimum atomic E-state index is -1.91. The van der Waals surface area contributed by atoms with Crippen LogP contribution in [0.5, 0.6) is 0 Å². The summed E-state index contributed by atoms with van der Waals surface area (Å²) in [6, 6.07) is 27.6. The molecule has 154 valence electrons. The van der Waals surface area contributed by atoms with Gasteiger partial charge in [0.25, 0.3) is 0 Å². The van der Waals surface area contributed by atoms with Crippen molar-refractivity contribution >= 4 is 11.9 Å². The van der Waals surface area contributed by atoms with Crippen molar-refractivity contribution in [3.63, 3.8) is 0 Å². The lowest BCUT2D eigenvalue weighted by Gasteiger charge is -2.44. The molecule has 30 heavy (non-hydrogen) atoms. The van der Waals surface area contributed by atoms with Crippen molar-refractivity contribution in [1.82, 2.24) is 0 Å². The quantitative estimate of drug-likeness (QED) is 0.511. The second-order valence-corrected chi connectivity index (χ2v) is 7.71. The van der Waals surface area contributed by atoms with Crippen LogP contribution in [0.2, 0.25) is 0 Å². The minimum absolute atomic E-state index is 0.0220. The van der Waals surface area contributed by atoms with E-state index in [2.05, 4.69) is 0 Å². The Labute approximate surface area is 176 Å². The molecule has 3 aromatic rings. The Morgan fingerprint density at radius 1 is 0.667 bits per heavy atom. The average Bonchev–Trinajstić information content (AvgIpc) is 2.75. The summed E-state index contributed by atoms with van der Waals surface area (Å²) in [4.78, 5) is 25.7. The first-order valence-corrected chi connectivity index (χ1v) is 9.81. The van der Waals surface area contributed by atoms with E-state index in [0.29, 0.717) is 0 Å². The zero-order valence-electron chi connectivity index (χ0n) is 16.7. The van der Waals surface area contributed by atoms with Crippen molar-refractivity contribution in [3.8, 4) is 0 Å². The molecule has 0 aliphatic heterocycles. The molecule has 0 saturated carbocycles. The van der Waals surface area contributed by atoms with Crippen LogP contribution in [-0.2, 0) is 28.9 Å². The van der Waals surface area contributed by atoms with Gasteiger partial charge in [-0.05, 0) is 29.5 Å². The normalized spacial score (nSPS) is 13.4. The van der Waals surface area contributed by atoms with Gasteiger partial charge in [0.15, 0.2) is 0 Å². The predicted octanol–water partition coefficient (Wildman–Crippen LogP) is 2.97. The summed E-state index contributed by atoms with van der Waals surface area (Å²) in [6.45, 7) is 0. The summed E-state index contributed by atoms with van der Waals surface area (Å²) in [5.41, 5.74) is 11.5. The standard InChI is InChI=1S/C25H26N2O3/c26-22(28)24(16-19-10-4-1-5-11-19,17-20-12-6-2-7-13-20)25(27,23(29)30)18-21-14-8-3-9-15-21/h1-15H,16-18,27H2,(H2,26,28)(H,29,30)/t25-/m1/s1. The van der Waals surface area contributed by atoms with Crippen molar-refractivity contribution in [1.29, 1.82) is 0 Å². The van der Waals surface area contributed by atoms with Crippen LogP contribution in [0.3, 0.4) is 0 Å². The number of benzene rings is 3. The molecule has 0 saturated heterocycles. The lowest BCUT2D eigenvalue weighted by atomic mass is 9.60. The molecule has 0 aliphatic carbocycles. The number of hydrogen-bond donors (Lipinski definition) is 3. The van der Waals surface area contributed by atoms with E-state index in [1.165, 1.54) is 0 Å². The van der Waals surface area contributed by atoms with Gasteiger partial charge in [0.05, 0.1) is 5.41 Å². The fourth-order valence-electron chi connectivity index (χ4n) is 4.03. The molecule has 0 bridgehead atoms. The Kier molecular flexibility index (Phi) is 6.33. The number of rotatable bonds is 9. The van der Waals surface area contributed by atoms with Crippen molar-refractivity contribution in [2.24, 2.45) is 16.9 Å². The zero-order valence-corrected chi connectivity index (χ0v) is 16.7. The highest BCUT2D eigenvalue weighted by molar-refractivity contribution is 5.93. The number of primary amides is 1. The van der Waals surface area contributed by atoms with Gasteiger partial charge in [-0.2, -0.15) is 0 Å². The highest BCUT2D eigenvalue weighted by atomic mass is 16.4. The first kappa shape index (κ1) is 21.3. The van der Waals surface area contributed by atoms with Crippen LogP contribution in [0.25, 0.3) is 0 Å². The second kappa shape index (κ2) is 8.93. The maximum atomic E-state index is 13.1. The number of aliphatic carboxylic acids is 1. The maximum Gasteiger partial charge on any atom is 0.325 e. The number of carboxylic acids is 1. The van der Waals surface area contributed by atoms with Gasteiger partial charge in [0, 0.05) is 6.42 Å². The van der Waals surface area contributed by atoms with Gasteiger partial charge in [-0.25, -0.2) is 0 Å². The SMILES string of the molecule is NC(=O)C(Cc1ccccc1)(Cc1ccccc1)[C@@](N)(Cc1ccccc1)C(=O)O. The van der Waals surface area contributed by atoms with Crippen LogP contribution in [0.4, 0.5) is 0 Å². The predicted molar refractivity (Wildman–Crippen MR) is 117 cm³/mol. The van der Waals surface area contributed by atoms with Gasteiger partial charge in [0.1, 0.15) is 5.54 Å². The van der Waals surface area contributed by atoms with E-state index < -0.39 is 22.8 Å². The molecule has 1 atom stereocenters.